The first-order valence-corrected chi connectivity index (χ1v) is 8.83. The molecule has 6 heteroatoms. The average Bonchev–Trinajstić information content (AvgIpc) is 2.61. The summed E-state index contributed by atoms with van der Waals surface area (Å²) in [5.74, 6) is 1.30. The van der Waals surface area contributed by atoms with Gasteiger partial charge in [-0.15, -0.1) is 6.58 Å². The van der Waals surface area contributed by atoms with Gasteiger partial charge in [-0.05, 0) is 42.0 Å². The van der Waals surface area contributed by atoms with Gasteiger partial charge in [0.25, 0.3) is 0 Å². The zero-order valence-electron chi connectivity index (χ0n) is 13.8. The fourth-order valence-electron chi connectivity index (χ4n) is 2.26. The van der Waals surface area contributed by atoms with Crippen molar-refractivity contribution in [1.29, 1.82) is 0 Å². The van der Waals surface area contributed by atoms with E-state index in [1.54, 1.807) is 25.3 Å². The van der Waals surface area contributed by atoms with Crippen molar-refractivity contribution in [3.63, 3.8) is 0 Å². The highest BCUT2D eigenvalue weighted by Crippen LogP contribution is 2.22. The molecule has 2 aromatic carbocycles. The van der Waals surface area contributed by atoms with Gasteiger partial charge in [0.1, 0.15) is 11.5 Å². The highest BCUT2D eigenvalue weighted by atomic mass is 32.2. The molecule has 0 aliphatic rings. The van der Waals surface area contributed by atoms with E-state index in [9.17, 15) is 8.42 Å². The predicted molar refractivity (Wildman–Crippen MR) is 93.8 cm³/mol. The Morgan fingerprint density at radius 2 is 1.71 bits per heavy atom. The molecule has 24 heavy (non-hydrogen) atoms. The smallest absolute Gasteiger partial charge is 0.243 e. The summed E-state index contributed by atoms with van der Waals surface area (Å²) in [5.41, 5.74) is 0.841. The zero-order chi connectivity index (χ0) is 17.6. The normalized spacial score (nSPS) is 11.3. The molecule has 5 nitrogen and oxygen atoms in total. The second-order valence-corrected chi connectivity index (χ2v) is 7.05. The minimum absolute atomic E-state index is 0.214. The summed E-state index contributed by atoms with van der Waals surface area (Å²) >= 11 is 0. The first kappa shape index (κ1) is 18.0. The maximum Gasteiger partial charge on any atom is 0.243 e. The van der Waals surface area contributed by atoms with Crippen molar-refractivity contribution in [2.24, 2.45) is 0 Å². The van der Waals surface area contributed by atoms with Crippen LogP contribution in [0.4, 0.5) is 0 Å². The van der Waals surface area contributed by atoms with E-state index in [0.717, 1.165) is 5.56 Å². The molecule has 128 valence electrons. The summed E-state index contributed by atoms with van der Waals surface area (Å²) in [6.45, 7) is 4.11. The lowest BCUT2D eigenvalue weighted by Crippen LogP contribution is -2.30. The zero-order valence-corrected chi connectivity index (χ0v) is 14.6. The van der Waals surface area contributed by atoms with Crippen molar-refractivity contribution >= 4 is 10.0 Å². The van der Waals surface area contributed by atoms with Gasteiger partial charge in [-0.1, -0.05) is 18.2 Å². The van der Waals surface area contributed by atoms with E-state index in [2.05, 4.69) is 6.58 Å². The highest BCUT2D eigenvalue weighted by molar-refractivity contribution is 7.89. The summed E-state index contributed by atoms with van der Waals surface area (Å²) in [6.07, 6.45) is 1.57. The Morgan fingerprint density at radius 3 is 2.29 bits per heavy atom. The molecule has 2 aromatic rings. The van der Waals surface area contributed by atoms with Gasteiger partial charge in [-0.2, -0.15) is 4.31 Å². The summed E-state index contributed by atoms with van der Waals surface area (Å²) in [7, 11) is -0.524. The van der Waals surface area contributed by atoms with Gasteiger partial charge in [0.05, 0.1) is 19.1 Å². The fraction of sp³-hybridized carbons (Fsp3) is 0.222. The molecule has 0 amide bonds. The lowest BCUT2D eigenvalue weighted by molar-refractivity contribution is 0.410. The first-order valence-electron chi connectivity index (χ1n) is 7.39. The van der Waals surface area contributed by atoms with Crippen LogP contribution in [0.3, 0.4) is 0 Å². The van der Waals surface area contributed by atoms with Crippen molar-refractivity contribution in [2.45, 2.75) is 11.4 Å². The Bertz CT molecular complexity index is 785. The predicted octanol–water partition coefficient (Wildman–Crippen LogP) is 3.08. The van der Waals surface area contributed by atoms with Crippen molar-refractivity contribution in [1.82, 2.24) is 4.31 Å². The van der Waals surface area contributed by atoms with Crippen molar-refractivity contribution < 1.29 is 17.9 Å². The topological polar surface area (TPSA) is 55.8 Å². The molecule has 0 N–H and O–H groups in total. The SMILES string of the molecule is C=CCN(Cc1cccc(OC)c1)S(=O)(=O)c1ccc(OC)cc1. The Balaban J connectivity index is 2.31. The number of hydrogen-bond donors (Lipinski definition) is 0. The van der Waals surface area contributed by atoms with Gasteiger partial charge < -0.3 is 9.47 Å². The van der Waals surface area contributed by atoms with Gasteiger partial charge in [-0.3, -0.25) is 0 Å². The van der Waals surface area contributed by atoms with Crippen LogP contribution in [0.5, 0.6) is 11.5 Å². The van der Waals surface area contributed by atoms with E-state index >= 15 is 0 Å². The largest absolute Gasteiger partial charge is 0.497 e. The van der Waals surface area contributed by atoms with Crippen molar-refractivity contribution in [3.05, 3.63) is 66.7 Å². The van der Waals surface area contributed by atoms with E-state index in [-0.39, 0.29) is 18.0 Å². The van der Waals surface area contributed by atoms with Gasteiger partial charge in [-0.25, -0.2) is 8.42 Å². The lowest BCUT2D eigenvalue weighted by atomic mass is 10.2. The van der Waals surface area contributed by atoms with E-state index in [4.69, 9.17) is 9.47 Å². The fourth-order valence-corrected chi connectivity index (χ4v) is 3.66. The Morgan fingerprint density at radius 1 is 1.04 bits per heavy atom. The molecule has 0 heterocycles. The summed E-state index contributed by atoms with van der Waals surface area (Å²) in [4.78, 5) is 0.216. The number of ether oxygens (including phenoxy) is 2. The summed E-state index contributed by atoms with van der Waals surface area (Å²) in [6, 6.07) is 13.7. The molecule has 2 rings (SSSR count). The molecular weight excluding hydrogens is 326 g/mol. The summed E-state index contributed by atoms with van der Waals surface area (Å²) in [5, 5.41) is 0. The molecule has 0 bridgehead atoms. The molecule has 0 saturated heterocycles. The minimum atomic E-state index is -3.64. The molecular formula is C18H21NO4S. The molecule has 0 spiro atoms. The van der Waals surface area contributed by atoms with Gasteiger partial charge >= 0.3 is 0 Å². The number of methoxy groups -OCH3 is 2. The van der Waals surface area contributed by atoms with Crippen LogP contribution < -0.4 is 9.47 Å². The molecule has 0 unspecified atom stereocenters. The monoisotopic (exact) mass is 347 g/mol. The number of hydrogen-bond acceptors (Lipinski definition) is 4. The van der Waals surface area contributed by atoms with Crippen LogP contribution in [0.1, 0.15) is 5.56 Å². The van der Waals surface area contributed by atoms with E-state index < -0.39 is 10.0 Å². The second-order valence-electron chi connectivity index (χ2n) is 5.11. The van der Waals surface area contributed by atoms with Crippen molar-refractivity contribution in [2.75, 3.05) is 20.8 Å². The Labute approximate surface area is 143 Å². The van der Waals surface area contributed by atoms with Crippen LogP contribution in [0.25, 0.3) is 0 Å². The number of sulfonamides is 1. The van der Waals surface area contributed by atoms with Crippen LogP contribution in [0.2, 0.25) is 0 Å². The third kappa shape index (κ3) is 4.15. The third-order valence-corrected chi connectivity index (χ3v) is 5.35. The van der Waals surface area contributed by atoms with Gasteiger partial charge in [0, 0.05) is 13.1 Å². The Kier molecular flexibility index (Phi) is 6.00. The first-order chi connectivity index (χ1) is 11.5. The standard InChI is InChI=1S/C18H21NO4S/c1-4-12-19(14-15-6-5-7-17(13-15)23-3)24(20,21)18-10-8-16(22-2)9-11-18/h4-11,13H,1,12,14H2,2-3H3. The maximum atomic E-state index is 12.9. The molecule has 0 atom stereocenters. The molecule has 0 saturated carbocycles. The van der Waals surface area contributed by atoms with E-state index in [0.29, 0.717) is 11.5 Å². The van der Waals surface area contributed by atoms with E-state index in [1.807, 2.05) is 24.3 Å². The van der Waals surface area contributed by atoms with Crippen LogP contribution >= 0.6 is 0 Å². The average molecular weight is 347 g/mol. The van der Waals surface area contributed by atoms with Crippen molar-refractivity contribution in [3.8, 4) is 11.5 Å². The number of benzene rings is 2. The minimum Gasteiger partial charge on any atom is -0.497 e. The maximum absolute atomic E-state index is 12.9. The third-order valence-electron chi connectivity index (χ3n) is 3.52. The molecule has 0 aliphatic heterocycles. The van der Waals surface area contributed by atoms with Crippen LogP contribution in [0, 0.1) is 0 Å². The summed E-state index contributed by atoms with van der Waals surface area (Å²) < 4.78 is 37.4. The quantitative estimate of drug-likeness (QED) is 0.689. The number of nitrogens with zero attached hydrogens (tertiary/aromatic N) is 1. The number of rotatable bonds is 8. The molecule has 0 fully saturated rings. The lowest BCUT2D eigenvalue weighted by Gasteiger charge is -2.21. The van der Waals surface area contributed by atoms with Gasteiger partial charge in [0.15, 0.2) is 0 Å². The second kappa shape index (κ2) is 7.99. The van der Waals surface area contributed by atoms with E-state index in [1.165, 1.54) is 23.5 Å². The molecule has 0 aliphatic carbocycles. The Hall–Kier alpha value is -2.31. The molecule has 0 radical (unpaired) electrons. The molecule has 0 aromatic heterocycles. The van der Waals surface area contributed by atoms with Crippen LogP contribution in [-0.4, -0.2) is 33.5 Å². The highest BCUT2D eigenvalue weighted by Gasteiger charge is 2.23. The van der Waals surface area contributed by atoms with Gasteiger partial charge in [0.2, 0.25) is 10.0 Å². The van der Waals surface area contributed by atoms with Crippen LogP contribution in [-0.2, 0) is 16.6 Å². The van der Waals surface area contributed by atoms with Crippen LogP contribution in [0.15, 0.2) is 66.1 Å².